The number of nitrogens with one attached hydrogen (secondary N) is 1. The molecule has 1 atom stereocenters. The minimum absolute atomic E-state index is 0.135. The van der Waals surface area contributed by atoms with Crippen molar-refractivity contribution in [1.82, 2.24) is 5.32 Å². The summed E-state index contributed by atoms with van der Waals surface area (Å²) in [6, 6.07) is 17.4. The van der Waals surface area contributed by atoms with Crippen LogP contribution in [0, 0.1) is 0 Å². The van der Waals surface area contributed by atoms with Gasteiger partial charge in [-0.1, -0.05) is 30.3 Å². The molecule has 0 aliphatic rings. The Morgan fingerprint density at radius 3 is 2.43 bits per heavy atom. The average Bonchev–Trinajstić information content (AvgIpc) is 2.60. The normalized spacial score (nSPS) is 11.6. The van der Waals surface area contributed by atoms with E-state index in [9.17, 15) is 4.79 Å². The number of methoxy groups -OCH3 is 1. The van der Waals surface area contributed by atoms with Gasteiger partial charge in [0.2, 0.25) is 0 Å². The van der Waals surface area contributed by atoms with E-state index in [1.807, 2.05) is 30.3 Å². The van der Waals surface area contributed by atoms with Gasteiger partial charge in [0.1, 0.15) is 0 Å². The highest BCUT2D eigenvalue weighted by atomic mass is 32.2. The summed E-state index contributed by atoms with van der Waals surface area (Å²) in [6.45, 7) is 2.32. The number of carbonyl (C=O) groups excluding carboxylic acids is 1. The third kappa shape index (κ3) is 5.53. The Morgan fingerprint density at radius 1 is 1.09 bits per heavy atom. The molecule has 122 valence electrons. The first kappa shape index (κ1) is 17.2. The molecular weight excluding hydrogens is 310 g/mol. The lowest BCUT2D eigenvalue weighted by atomic mass is 10.3. The molecule has 2 rings (SSSR count). The fraction of sp³-hybridized carbons (Fsp3) is 0.278. The molecule has 0 saturated heterocycles. The van der Waals surface area contributed by atoms with Crippen molar-refractivity contribution in [1.29, 1.82) is 0 Å². The van der Waals surface area contributed by atoms with Crippen LogP contribution in [0.25, 0.3) is 0 Å². The Bertz CT molecular complexity index is 619. The van der Waals surface area contributed by atoms with Gasteiger partial charge < -0.3 is 14.8 Å². The molecule has 4 nitrogen and oxygen atoms in total. The van der Waals surface area contributed by atoms with Crippen LogP contribution in [0.3, 0.4) is 0 Å². The minimum atomic E-state index is -0.576. The Kier molecular flexibility index (Phi) is 6.81. The summed E-state index contributed by atoms with van der Waals surface area (Å²) in [5.41, 5.74) is 0. The number of hydrogen-bond acceptors (Lipinski definition) is 4. The molecule has 5 heteroatoms. The molecule has 0 fully saturated rings. The standard InChI is InChI=1S/C18H21NO3S/c1-14(22-17-11-7-6-10-16(17)21-2)18(20)19-12-13-23-15-8-4-3-5-9-15/h3-11,14H,12-13H2,1-2H3,(H,19,20)/t14-/m0/s1. The van der Waals surface area contributed by atoms with Crippen LogP contribution in [0.4, 0.5) is 0 Å². The van der Waals surface area contributed by atoms with E-state index < -0.39 is 6.10 Å². The van der Waals surface area contributed by atoms with E-state index in [1.165, 1.54) is 4.90 Å². The molecule has 1 N–H and O–H groups in total. The largest absolute Gasteiger partial charge is 0.493 e. The van der Waals surface area contributed by atoms with Gasteiger partial charge in [0.15, 0.2) is 17.6 Å². The summed E-state index contributed by atoms with van der Waals surface area (Å²) in [5, 5.41) is 2.88. The summed E-state index contributed by atoms with van der Waals surface area (Å²) in [7, 11) is 1.58. The fourth-order valence-corrected chi connectivity index (χ4v) is 2.75. The van der Waals surface area contributed by atoms with E-state index in [4.69, 9.17) is 9.47 Å². The first-order valence-electron chi connectivity index (χ1n) is 7.46. The lowest BCUT2D eigenvalue weighted by Crippen LogP contribution is -2.37. The molecule has 2 aromatic rings. The number of thioether (sulfide) groups is 1. The molecular formula is C18H21NO3S. The molecule has 0 unspecified atom stereocenters. The van der Waals surface area contributed by atoms with Crippen LogP contribution >= 0.6 is 11.8 Å². The lowest BCUT2D eigenvalue weighted by Gasteiger charge is -2.16. The highest BCUT2D eigenvalue weighted by Gasteiger charge is 2.15. The van der Waals surface area contributed by atoms with Crippen LogP contribution in [-0.2, 0) is 4.79 Å². The number of carbonyl (C=O) groups is 1. The molecule has 0 heterocycles. The maximum absolute atomic E-state index is 12.1. The Balaban J connectivity index is 1.74. The topological polar surface area (TPSA) is 47.6 Å². The van der Waals surface area contributed by atoms with Gasteiger partial charge in [-0.3, -0.25) is 4.79 Å². The van der Waals surface area contributed by atoms with Crippen LogP contribution in [0.2, 0.25) is 0 Å². The third-order valence-electron chi connectivity index (χ3n) is 3.16. The summed E-state index contributed by atoms with van der Waals surface area (Å²) < 4.78 is 10.9. The van der Waals surface area contributed by atoms with E-state index >= 15 is 0 Å². The number of ether oxygens (including phenoxy) is 2. The lowest BCUT2D eigenvalue weighted by molar-refractivity contribution is -0.127. The number of amides is 1. The second-order valence-electron chi connectivity index (χ2n) is 4.86. The number of hydrogen-bond donors (Lipinski definition) is 1. The smallest absolute Gasteiger partial charge is 0.260 e. The highest BCUT2D eigenvalue weighted by molar-refractivity contribution is 7.99. The zero-order chi connectivity index (χ0) is 16.5. The van der Waals surface area contributed by atoms with E-state index in [1.54, 1.807) is 37.9 Å². The van der Waals surface area contributed by atoms with Gasteiger partial charge in [0, 0.05) is 17.2 Å². The molecule has 23 heavy (non-hydrogen) atoms. The van der Waals surface area contributed by atoms with Crippen LogP contribution in [0.1, 0.15) is 6.92 Å². The van der Waals surface area contributed by atoms with Crippen molar-refractivity contribution in [3.63, 3.8) is 0 Å². The van der Waals surface area contributed by atoms with Crippen molar-refractivity contribution in [3.05, 3.63) is 54.6 Å². The average molecular weight is 331 g/mol. The molecule has 0 aromatic heterocycles. The monoisotopic (exact) mass is 331 g/mol. The molecule has 0 aliphatic carbocycles. The van der Waals surface area contributed by atoms with E-state index in [0.717, 1.165) is 5.75 Å². The van der Waals surface area contributed by atoms with Gasteiger partial charge in [0.25, 0.3) is 5.91 Å². The minimum Gasteiger partial charge on any atom is -0.493 e. The molecule has 0 saturated carbocycles. The molecule has 0 aliphatic heterocycles. The van der Waals surface area contributed by atoms with Crippen molar-refractivity contribution in [2.45, 2.75) is 17.9 Å². The molecule has 2 aromatic carbocycles. The van der Waals surface area contributed by atoms with Crippen molar-refractivity contribution in [2.24, 2.45) is 0 Å². The summed E-state index contributed by atoms with van der Waals surface area (Å²) in [5.74, 6) is 1.87. The Labute approximate surface area is 141 Å². The van der Waals surface area contributed by atoms with E-state index in [2.05, 4.69) is 17.4 Å². The zero-order valence-corrected chi connectivity index (χ0v) is 14.1. The van der Waals surface area contributed by atoms with Crippen LogP contribution < -0.4 is 14.8 Å². The van der Waals surface area contributed by atoms with Crippen LogP contribution in [0.5, 0.6) is 11.5 Å². The van der Waals surface area contributed by atoms with Gasteiger partial charge in [-0.2, -0.15) is 0 Å². The fourth-order valence-electron chi connectivity index (χ4n) is 1.96. The van der Waals surface area contributed by atoms with Gasteiger partial charge >= 0.3 is 0 Å². The van der Waals surface area contributed by atoms with Gasteiger partial charge in [-0.05, 0) is 31.2 Å². The zero-order valence-electron chi connectivity index (χ0n) is 13.3. The molecule has 0 radical (unpaired) electrons. The third-order valence-corrected chi connectivity index (χ3v) is 4.17. The first-order chi connectivity index (χ1) is 11.2. The van der Waals surface area contributed by atoms with Crippen molar-refractivity contribution in [3.8, 4) is 11.5 Å². The first-order valence-corrected chi connectivity index (χ1v) is 8.44. The predicted molar refractivity (Wildman–Crippen MR) is 93.3 cm³/mol. The molecule has 1 amide bonds. The number of rotatable bonds is 8. The SMILES string of the molecule is COc1ccccc1O[C@@H](C)C(=O)NCCSc1ccccc1. The summed E-state index contributed by atoms with van der Waals surface area (Å²) >= 11 is 1.71. The maximum Gasteiger partial charge on any atom is 0.260 e. The predicted octanol–water partition coefficient (Wildman–Crippen LogP) is 3.37. The highest BCUT2D eigenvalue weighted by Crippen LogP contribution is 2.26. The summed E-state index contributed by atoms with van der Waals surface area (Å²) in [4.78, 5) is 13.3. The Hall–Kier alpha value is -2.14. The van der Waals surface area contributed by atoms with Crippen LogP contribution in [-0.4, -0.2) is 31.4 Å². The van der Waals surface area contributed by atoms with Crippen molar-refractivity contribution >= 4 is 17.7 Å². The van der Waals surface area contributed by atoms with Gasteiger partial charge in [-0.15, -0.1) is 11.8 Å². The van der Waals surface area contributed by atoms with Crippen LogP contribution in [0.15, 0.2) is 59.5 Å². The van der Waals surface area contributed by atoms with Gasteiger partial charge in [-0.25, -0.2) is 0 Å². The van der Waals surface area contributed by atoms with Gasteiger partial charge in [0.05, 0.1) is 7.11 Å². The maximum atomic E-state index is 12.1. The quantitative estimate of drug-likeness (QED) is 0.595. The van der Waals surface area contributed by atoms with E-state index in [0.29, 0.717) is 18.0 Å². The van der Waals surface area contributed by atoms with E-state index in [-0.39, 0.29) is 5.91 Å². The summed E-state index contributed by atoms with van der Waals surface area (Å²) in [6.07, 6.45) is -0.576. The molecule has 0 spiro atoms. The molecule has 0 bridgehead atoms. The number of benzene rings is 2. The number of para-hydroxylation sites is 2. The second-order valence-corrected chi connectivity index (χ2v) is 6.03. The Morgan fingerprint density at radius 2 is 1.74 bits per heavy atom. The van der Waals surface area contributed by atoms with Crippen molar-refractivity contribution < 1.29 is 14.3 Å². The van der Waals surface area contributed by atoms with Crippen molar-refractivity contribution in [2.75, 3.05) is 19.4 Å². The second kappa shape index (κ2) is 9.10.